The Kier molecular flexibility index (Phi) is 6.57. The van der Waals surface area contributed by atoms with Gasteiger partial charge in [0.1, 0.15) is 11.6 Å². The van der Waals surface area contributed by atoms with E-state index in [-0.39, 0.29) is 36.2 Å². The highest BCUT2D eigenvalue weighted by Crippen LogP contribution is 2.26. The standard InChI is InChI=1S/C20H23FN4O3/c1-2-22-18(26)12-28-16-9-7-15(8-10-16)24-20(27)17-11-23-25-19(17)13-3-5-14(21)6-4-13/h3-10,17,19,23,25H,2,11-12H2,1H3,(H,22,26)(H,24,27). The monoisotopic (exact) mass is 386 g/mol. The number of nitrogens with one attached hydrogen (secondary N) is 4. The number of likely N-dealkylation sites (N-methyl/N-ethyl adjacent to an activating group) is 1. The molecule has 1 saturated heterocycles. The average molecular weight is 386 g/mol. The summed E-state index contributed by atoms with van der Waals surface area (Å²) >= 11 is 0. The third-order valence-electron chi connectivity index (χ3n) is 4.41. The average Bonchev–Trinajstić information content (AvgIpc) is 3.18. The second-order valence-electron chi connectivity index (χ2n) is 6.42. The van der Waals surface area contributed by atoms with E-state index in [4.69, 9.17) is 4.74 Å². The van der Waals surface area contributed by atoms with Crippen LogP contribution in [-0.4, -0.2) is 31.5 Å². The first-order valence-electron chi connectivity index (χ1n) is 9.11. The summed E-state index contributed by atoms with van der Waals surface area (Å²) in [4.78, 5) is 24.1. The van der Waals surface area contributed by atoms with Gasteiger partial charge in [0.05, 0.1) is 12.0 Å². The number of benzene rings is 2. The van der Waals surface area contributed by atoms with Gasteiger partial charge >= 0.3 is 0 Å². The van der Waals surface area contributed by atoms with Crippen molar-refractivity contribution < 1.29 is 18.7 Å². The summed E-state index contributed by atoms with van der Waals surface area (Å²) in [5.41, 5.74) is 7.51. The van der Waals surface area contributed by atoms with Crippen LogP contribution < -0.4 is 26.2 Å². The van der Waals surface area contributed by atoms with Gasteiger partial charge in [0, 0.05) is 18.8 Å². The van der Waals surface area contributed by atoms with Crippen molar-refractivity contribution in [3.63, 3.8) is 0 Å². The lowest BCUT2D eigenvalue weighted by Gasteiger charge is -2.18. The van der Waals surface area contributed by atoms with Crippen molar-refractivity contribution in [1.82, 2.24) is 16.2 Å². The van der Waals surface area contributed by atoms with E-state index in [9.17, 15) is 14.0 Å². The minimum Gasteiger partial charge on any atom is -0.484 e. The molecule has 2 amide bonds. The smallest absolute Gasteiger partial charge is 0.257 e. The van der Waals surface area contributed by atoms with Crippen molar-refractivity contribution >= 4 is 17.5 Å². The Hall–Kier alpha value is -2.97. The van der Waals surface area contributed by atoms with Crippen LogP contribution in [0.15, 0.2) is 48.5 Å². The van der Waals surface area contributed by atoms with Gasteiger partial charge in [-0.2, -0.15) is 0 Å². The molecule has 0 saturated carbocycles. The first-order valence-corrected chi connectivity index (χ1v) is 9.11. The molecule has 1 heterocycles. The number of hydrogen-bond donors (Lipinski definition) is 4. The molecule has 0 radical (unpaired) electrons. The molecule has 1 fully saturated rings. The summed E-state index contributed by atoms with van der Waals surface area (Å²) in [5, 5.41) is 5.53. The molecule has 148 valence electrons. The molecule has 3 rings (SSSR count). The van der Waals surface area contributed by atoms with E-state index in [1.807, 2.05) is 6.92 Å². The van der Waals surface area contributed by atoms with Gasteiger partial charge in [0.25, 0.3) is 5.91 Å². The molecule has 2 aromatic rings. The van der Waals surface area contributed by atoms with Crippen molar-refractivity contribution in [2.24, 2.45) is 5.92 Å². The van der Waals surface area contributed by atoms with Crippen LogP contribution >= 0.6 is 0 Å². The molecule has 28 heavy (non-hydrogen) atoms. The Morgan fingerprint density at radius 1 is 1.14 bits per heavy atom. The third kappa shape index (κ3) is 5.05. The minimum atomic E-state index is -0.348. The molecule has 2 unspecified atom stereocenters. The highest BCUT2D eigenvalue weighted by atomic mass is 19.1. The molecule has 0 aromatic heterocycles. The first-order chi connectivity index (χ1) is 13.6. The number of hydrogen-bond acceptors (Lipinski definition) is 5. The molecule has 2 atom stereocenters. The normalized spacial score (nSPS) is 18.5. The Morgan fingerprint density at radius 3 is 2.54 bits per heavy atom. The van der Waals surface area contributed by atoms with Crippen LogP contribution in [0, 0.1) is 11.7 Å². The lowest BCUT2D eigenvalue weighted by Crippen LogP contribution is -2.29. The lowest BCUT2D eigenvalue weighted by atomic mass is 9.94. The van der Waals surface area contributed by atoms with Gasteiger partial charge in [0.2, 0.25) is 5.91 Å². The predicted octanol–water partition coefficient (Wildman–Crippen LogP) is 1.74. The van der Waals surface area contributed by atoms with Gasteiger partial charge in [-0.15, -0.1) is 0 Å². The van der Waals surface area contributed by atoms with Crippen molar-refractivity contribution in [2.45, 2.75) is 13.0 Å². The van der Waals surface area contributed by atoms with Gasteiger partial charge in [-0.05, 0) is 48.9 Å². The Morgan fingerprint density at radius 2 is 1.86 bits per heavy atom. The highest BCUT2D eigenvalue weighted by molar-refractivity contribution is 5.93. The minimum absolute atomic E-state index is 0.0572. The lowest BCUT2D eigenvalue weighted by molar-refractivity contribution is -0.123. The van der Waals surface area contributed by atoms with Crippen LogP contribution in [0.2, 0.25) is 0 Å². The first kappa shape index (κ1) is 19.8. The summed E-state index contributed by atoms with van der Waals surface area (Å²) < 4.78 is 18.5. The quantitative estimate of drug-likeness (QED) is 0.582. The fourth-order valence-corrected chi connectivity index (χ4v) is 2.99. The largest absolute Gasteiger partial charge is 0.484 e. The van der Waals surface area contributed by atoms with Crippen LogP contribution in [0.1, 0.15) is 18.5 Å². The zero-order valence-electron chi connectivity index (χ0n) is 15.5. The molecule has 2 aromatic carbocycles. The predicted molar refractivity (Wildman–Crippen MR) is 103 cm³/mol. The molecule has 0 aliphatic carbocycles. The zero-order chi connectivity index (χ0) is 19.9. The maximum absolute atomic E-state index is 13.1. The number of carbonyl (C=O) groups is 2. The fraction of sp³-hybridized carbons (Fsp3) is 0.300. The van der Waals surface area contributed by atoms with Gasteiger partial charge in [-0.3, -0.25) is 15.0 Å². The maximum Gasteiger partial charge on any atom is 0.257 e. The van der Waals surface area contributed by atoms with E-state index in [2.05, 4.69) is 21.5 Å². The van der Waals surface area contributed by atoms with Gasteiger partial charge in [0.15, 0.2) is 6.61 Å². The Balaban J connectivity index is 1.57. The van der Waals surface area contributed by atoms with Crippen LogP contribution in [-0.2, 0) is 9.59 Å². The Labute approximate surface area is 162 Å². The maximum atomic E-state index is 13.1. The van der Waals surface area contributed by atoms with Gasteiger partial charge < -0.3 is 15.4 Å². The van der Waals surface area contributed by atoms with E-state index in [0.29, 0.717) is 24.5 Å². The number of anilines is 1. The van der Waals surface area contributed by atoms with E-state index >= 15 is 0 Å². The number of amides is 2. The summed E-state index contributed by atoms with van der Waals surface area (Å²) in [5.74, 6) is -0.460. The summed E-state index contributed by atoms with van der Waals surface area (Å²) in [6.45, 7) is 2.79. The molecule has 1 aliphatic heterocycles. The van der Waals surface area contributed by atoms with Crippen LogP contribution in [0.3, 0.4) is 0 Å². The second-order valence-corrected chi connectivity index (χ2v) is 6.42. The summed E-state index contributed by atoms with van der Waals surface area (Å²) in [7, 11) is 0. The van der Waals surface area contributed by atoms with E-state index < -0.39 is 0 Å². The molecule has 8 heteroatoms. The number of carbonyl (C=O) groups excluding carboxylic acids is 2. The van der Waals surface area contributed by atoms with Crippen molar-refractivity contribution in [3.8, 4) is 5.75 Å². The molecule has 7 nitrogen and oxygen atoms in total. The van der Waals surface area contributed by atoms with E-state index in [1.54, 1.807) is 36.4 Å². The third-order valence-corrected chi connectivity index (χ3v) is 4.41. The number of halogens is 1. The van der Waals surface area contributed by atoms with Crippen molar-refractivity contribution in [3.05, 3.63) is 59.9 Å². The molecule has 0 spiro atoms. The summed E-state index contributed by atoms with van der Waals surface area (Å²) in [6, 6.07) is 12.7. The molecule has 4 N–H and O–H groups in total. The van der Waals surface area contributed by atoms with Crippen LogP contribution in [0.5, 0.6) is 5.75 Å². The summed E-state index contributed by atoms with van der Waals surface area (Å²) in [6.07, 6.45) is 0. The van der Waals surface area contributed by atoms with Crippen molar-refractivity contribution in [1.29, 1.82) is 0 Å². The van der Waals surface area contributed by atoms with Gasteiger partial charge in [-0.1, -0.05) is 12.1 Å². The topological polar surface area (TPSA) is 91.5 Å². The van der Waals surface area contributed by atoms with Crippen LogP contribution in [0.25, 0.3) is 0 Å². The number of ether oxygens (including phenoxy) is 1. The SMILES string of the molecule is CCNC(=O)COc1ccc(NC(=O)C2CNNC2c2ccc(F)cc2)cc1. The molecular formula is C20H23FN4O3. The molecule has 0 bridgehead atoms. The Bertz CT molecular complexity index is 811. The van der Waals surface area contributed by atoms with E-state index in [0.717, 1.165) is 5.56 Å². The number of hydrazine groups is 1. The van der Waals surface area contributed by atoms with E-state index in [1.165, 1.54) is 12.1 Å². The second kappa shape index (κ2) is 9.29. The van der Waals surface area contributed by atoms with Crippen LogP contribution in [0.4, 0.5) is 10.1 Å². The van der Waals surface area contributed by atoms with Crippen molar-refractivity contribution in [2.75, 3.05) is 25.0 Å². The molecular weight excluding hydrogens is 363 g/mol. The fourth-order valence-electron chi connectivity index (χ4n) is 2.99. The highest BCUT2D eigenvalue weighted by Gasteiger charge is 2.34. The number of rotatable bonds is 7. The zero-order valence-corrected chi connectivity index (χ0v) is 15.5. The van der Waals surface area contributed by atoms with Gasteiger partial charge in [-0.25, -0.2) is 9.82 Å². The molecule has 1 aliphatic rings.